The SMILES string of the molecule is O=C1CC(=[O+])O[BH2-]O1. The van der Waals surface area contributed by atoms with E-state index in [9.17, 15) is 9.59 Å². The van der Waals surface area contributed by atoms with Gasteiger partial charge in [0, 0.05) is 4.79 Å². The van der Waals surface area contributed by atoms with E-state index in [2.05, 4.69) is 9.31 Å². The highest BCUT2D eigenvalue weighted by atomic mass is 16.6. The van der Waals surface area contributed by atoms with E-state index in [0.717, 1.165) is 0 Å². The van der Waals surface area contributed by atoms with Gasteiger partial charge in [-0.3, -0.25) is 4.79 Å². The first-order valence-electron chi connectivity index (χ1n) is 2.34. The Morgan fingerprint density at radius 3 is 2.75 bits per heavy atom. The predicted molar refractivity (Wildman–Crippen MR) is 25.3 cm³/mol. The van der Waals surface area contributed by atoms with Crippen molar-refractivity contribution in [2.24, 2.45) is 0 Å². The molecule has 0 aromatic rings. The Balaban J connectivity index is 2.45. The quantitative estimate of drug-likeness (QED) is 0.218. The molecule has 1 heterocycles. The molecule has 0 saturated carbocycles. The van der Waals surface area contributed by atoms with Gasteiger partial charge in [-0.15, -0.1) is 0 Å². The lowest BCUT2D eigenvalue weighted by atomic mass is 10.3. The van der Waals surface area contributed by atoms with Gasteiger partial charge in [-0.1, -0.05) is 0 Å². The maximum atomic E-state index is 10.2. The fourth-order valence-corrected chi connectivity index (χ4v) is 0.490. The fourth-order valence-electron chi connectivity index (χ4n) is 0.490. The maximum Gasteiger partial charge on any atom is 0.532 e. The first-order chi connectivity index (χ1) is 3.79. The lowest BCUT2D eigenvalue weighted by Crippen LogP contribution is -2.25. The van der Waals surface area contributed by atoms with Crippen molar-refractivity contribution in [1.29, 1.82) is 0 Å². The molecule has 0 aromatic carbocycles. The van der Waals surface area contributed by atoms with E-state index < -0.39 is 19.6 Å². The minimum atomic E-state index is -1.18. The summed E-state index contributed by atoms with van der Waals surface area (Å²) in [5.74, 6) is -0.914. The lowest BCUT2D eigenvalue weighted by molar-refractivity contribution is -0.150. The number of carbonyl (C=O) groups excluding carboxylic acids is 2. The normalized spacial score (nSPS) is 19.5. The maximum absolute atomic E-state index is 10.2. The van der Waals surface area contributed by atoms with E-state index in [-0.39, 0.29) is 6.42 Å². The number of carbonyl (C=O) groups is 2. The third-order valence-electron chi connectivity index (χ3n) is 0.911. The summed E-state index contributed by atoms with van der Waals surface area (Å²) in [7, 11) is -1.18. The molecule has 1 aliphatic heterocycles. The minimum absolute atomic E-state index is 0.219. The zero-order valence-electron chi connectivity index (χ0n) is 4.34. The van der Waals surface area contributed by atoms with Crippen molar-refractivity contribution < 1.29 is 18.9 Å². The highest BCUT2D eigenvalue weighted by Gasteiger charge is 2.23. The van der Waals surface area contributed by atoms with Gasteiger partial charge in [-0.05, 0) is 0 Å². The average Bonchev–Trinajstić information content (AvgIpc) is 1.64. The molecule has 1 fully saturated rings. The van der Waals surface area contributed by atoms with Crippen molar-refractivity contribution >= 4 is 19.6 Å². The summed E-state index contributed by atoms with van der Waals surface area (Å²) in [5.41, 5.74) is 0. The molecule has 0 N–H and O–H groups in total. The van der Waals surface area contributed by atoms with Crippen LogP contribution in [-0.4, -0.2) is 19.6 Å². The molecule has 0 aliphatic carbocycles. The van der Waals surface area contributed by atoms with Crippen LogP contribution in [0.5, 0.6) is 0 Å². The summed E-state index contributed by atoms with van der Waals surface area (Å²) in [5, 5.41) is 0. The highest BCUT2D eigenvalue weighted by Crippen LogP contribution is 1.95. The van der Waals surface area contributed by atoms with Crippen molar-refractivity contribution in [2.75, 3.05) is 0 Å². The highest BCUT2D eigenvalue weighted by molar-refractivity contribution is 6.29. The Kier molecular flexibility index (Phi) is 1.19. The van der Waals surface area contributed by atoms with Crippen LogP contribution in [-0.2, 0) is 18.9 Å². The zero-order valence-corrected chi connectivity index (χ0v) is 4.34. The molecule has 5 heteroatoms. The molecule has 1 rings (SSSR count). The Morgan fingerprint density at radius 2 is 2.38 bits per heavy atom. The molecular weight excluding hydrogens is 111 g/mol. The van der Waals surface area contributed by atoms with Crippen LogP contribution in [0.2, 0.25) is 0 Å². The summed E-state index contributed by atoms with van der Waals surface area (Å²) in [4.78, 5) is 20.4. The molecule has 1 radical (unpaired) electrons. The number of hydrogen-bond acceptors (Lipinski definition) is 4. The molecule has 43 valence electrons. The monoisotopic (exact) mass is 115 g/mol. The minimum Gasteiger partial charge on any atom is -0.637 e. The van der Waals surface area contributed by atoms with Crippen LogP contribution < -0.4 is 0 Å². The summed E-state index contributed by atoms with van der Waals surface area (Å²) >= 11 is 0. The molecule has 4 nitrogen and oxygen atoms in total. The molecule has 1 aliphatic rings. The Hall–Kier alpha value is -0.995. The van der Waals surface area contributed by atoms with Crippen LogP contribution in [0.4, 0.5) is 0 Å². The van der Waals surface area contributed by atoms with E-state index >= 15 is 0 Å². The van der Waals surface area contributed by atoms with Gasteiger partial charge >= 0.3 is 13.7 Å². The second-order valence-electron chi connectivity index (χ2n) is 1.50. The van der Waals surface area contributed by atoms with Crippen LogP contribution in [0.3, 0.4) is 0 Å². The summed E-state index contributed by atoms with van der Waals surface area (Å²) in [6, 6.07) is 0. The third-order valence-corrected chi connectivity index (χ3v) is 0.911. The standard InChI is InChI=1S/C3H4BO4/c5-2-1-3(6)8-4-7-2/h1,4H2. The summed E-state index contributed by atoms with van der Waals surface area (Å²) in [6.45, 7) is 0. The van der Waals surface area contributed by atoms with Crippen molar-refractivity contribution in [3.05, 3.63) is 0 Å². The number of rotatable bonds is 0. The Bertz CT molecular complexity index is 117. The molecule has 8 heavy (non-hydrogen) atoms. The van der Waals surface area contributed by atoms with Gasteiger partial charge < -0.3 is 9.31 Å². The van der Waals surface area contributed by atoms with Crippen molar-refractivity contribution in [2.45, 2.75) is 6.42 Å². The largest absolute Gasteiger partial charge is 0.637 e. The van der Waals surface area contributed by atoms with Gasteiger partial charge in [0.15, 0.2) is 6.42 Å². The van der Waals surface area contributed by atoms with E-state index in [1.54, 1.807) is 0 Å². The first-order valence-corrected chi connectivity index (χ1v) is 2.34. The molecule has 0 bridgehead atoms. The van der Waals surface area contributed by atoms with Crippen LogP contribution in [0, 0.1) is 0 Å². The number of hydrogen-bond donors (Lipinski definition) is 0. The summed E-state index contributed by atoms with van der Waals surface area (Å²) in [6.07, 6.45) is -0.219. The zero-order chi connectivity index (χ0) is 5.98. The van der Waals surface area contributed by atoms with E-state index in [1.807, 2.05) is 0 Å². The Morgan fingerprint density at radius 1 is 1.62 bits per heavy atom. The second kappa shape index (κ2) is 1.86. The Labute approximate surface area is 46.1 Å². The molecule has 0 aromatic heterocycles. The molecule has 0 spiro atoms. The summed E-state index contributed by atoms with van der Waals surface area (Å²) < 4.78 is 8.78. The van der Waals surface area contributed by atoms with Gasteiger partial charge in [0.25, 0.3) is 5.97 Å². The lowest BCUT2D eigenvalue weighted by Gasteiger charge is -2.10. The topological polar surface area (TPSA) is 55.4 Å². The first kappa shape index (κ1) is 5.15. The van der Waals surface area contributed by atoms with Gasteiger partial charge in [0.1, 0.15) is 0 Å². The van der Waals surface area contributed by atoms with Crippen molar-refractivity contribution in [3.63, 3.8) is 0 Å². The van der Waals surface area contributed by atoms with Crippen molar-refractivity contribution in [1.82, 2.24) is 0 Å². The van der Waals surface area contributed by atoms with Gasteiger partial charge in [0.05, 0.1) is 0 Å². The third kappa shape index (κ3) is 0.990. The molecule has 0 unspecified atom stereocenters. The van der Waals surface area contributed by atoms with Crippen LogP contribution in [0.25, 0.3) is 0 Å². The smallest absolute Gasteiger partial charge is 0.532 e. The van der Waals surface area contributed by atoms with Gasteiger partial charge in [-0.25, -0.2) is 0 Å². The van der Waals surface area contributed by atoms with Gasteiger partial charge in [-0.2, -0.15) is 0 Å². The molecule has 0 atom stereocenters. The van der Waals surface area contributed by atoms with Crippen LogP contribution in [0.15, 0.2) is 0 Å². The average molecular weight is 115 g/mol. The van der Waals surface area contributed by atoms with E-state index in [0.29, 0.717) is 0 Å². The predicted octanol–water partition coefficient (Wildman–Crippen LogP) is -1.52. The molecular formula is C3H4BO4. The fraction of sp³-hybridized carbons (Fsp3) is 0.333. The van der Waals surface area contributed by atoms with Crippen LogP contribution >= 0.6 is 0 Å². The van der Waals surface area contributed by atoms with E-state index in [1.165, 1.54) is 0 Å². The molecule has 0 amide bonds. The van der Waals surface area contributed by atoms with Crippen molar-refractivity contribution in [3.8, 4) is 0 Å². The van der Waals surface area contributed by atoms with Gasteiger partial charge in [0.2, 0.25) is 0 Å². The van der Waals surface area contributed by atoms with Crippen LogP contribution in [0.1, 0.15) is 6.42 Å². The molecule has 1 saturated heterocycles. The second-order valence-corrected chi connectivity index (χ2v) is 1.50. The van der Waals surface area contributed by atoms with E-state index in [4.69, 9.17) is 0 Å².